The lowest BCUT2D eigenvalue weighted by Crippen LogP contribution is -2.02. The van der Waals surface area contributed by atoms with Crippen LogP contribution in [0.1, 0.15) is 19.2 Å². The lowest BCUT2D eigenvalue weighted by atomic mass is 10.1. The number of aromatic nitrogens is 3. The highest BCUT2D eigenvalue weighted by Gasteiger charge is 2.09. The summed E-state index contributed by atoms with van der Waals surface area (Å²) in [5.41, 5.74) is 7.88. The fraction of sp³-hybridized carbons (Fsp3) is 0.200. The Morgan fingerprint density at radius 3 is 2.89 bits per heavy atom. The lowest BCUT2D eigenvalue weighted by Gasteiger charge is -2.11. The van der Waals surface area contributed by atoms with Gasteiger partial charge >= 0.3 is 0 Å². The number of imidazole rings is 1. The maximum atomic E-state index is 6.02. The molecule has 0 radical (unpaired) electrons. The summed E-state index contributed by atoms with van der Waals surface area (Å²) in [6.07, 6.45) is 9.48. The van der Waals surface area contributed by atoms with E-state index in [2.05, 4.69) is 21.5 Å². The zero-order valence-electron chi connectivity index (χ0n) is 10.9. The predicted octanol–water partition coefficient (Wildman–Crippen LogP) is 2.96. The second-order valence-electron chi connectivity index (χ2n) is 4.56. The van der Waals surface area contributed by atoms with Gasteiger partial charge in [0, 0.05) is 47.7 Å². The SMILES string of the molecule is CCCc1nccn1-c1ccc(N)c2ccncc12. The number of nitrogens with zero attached hydrogens (tertiary/aromatic N) is 3. The molecule has 2 heterocycles. The molecule has 3 aromatic rings. The van der Waals surface area contributed by atoms with E-state index in [0.717, 1.165) is 40.8 Å². The molecule has 0 aliphatic rings. The van der Waals surface area contributed by atoms with Crippen LogP contribution >= 0.6 is 0 Å². The van der Waals surface area contributed by atoms with E-state index in [-0.39, 0.29) is 0 Å². The van der Waals surface area contributed by atoms with Gasteiger partial charge < -0.3 is 10.3 Å². The number of benzene rings is 1. The third-order valence-electron chi connectivity index (χ3n) is 3.28. The van der Waals surface area contributed by atoms with E-state index in [9.17, 15) is 0 Å². The Kier molecular flexibility index (Phi) is 2.91. The van der Waals surface area contributed by atoms with Crippen molar-refractivity contribution in [3.63, 3.8) is 0 Å². The third kappa shape index (κ3) is 1.95. The summed E-state index contributed by atoms with van der Waals surface area (Å²) in [5.74, 6) is 1.07. The summed E-state index contributed by atoms with van der Waals surface area (Å²) >= 11 is 0. The Balaban J connectivity index is 2.25. The quantitative estimate of drug-likeness (QED) is 0.729. The van der Waals surface area contributed by atoms with Crippen LogP contribution in [0.25, 0.3) is 16.5 Å². The molecule has 2 aromatic heterocycles. The molecule has 0 aliphatic heterocycles. The summed E-state index contributed by atoms with van der Waals surface area (Å²) in [7, 11) is 0. The molecule has 4 nitrogen and oxygen atoms in total. The highest BCUT2D eigenvalue weighted by Crippen LogP contribution is 2.27. The largest absolute Gasteiger partial charge is 0.398 e. The average Bonchev–Trinajstić information content (AvgIpc) is 2.88. The van der Waals surface area contributed by atoms with Crippen molar-refractivity contribution in [3.8, 4) is 5.69 Å². The minimum atomic E-state index is 0.776. The van der Waals surface area contributed by atoms with Crippen molar-refractivity contribution in [2.24, 2.45) is 0 Å². The maximum absolute atomic E-state index is 6.02. The van der Waals surface area contributed by atoms with Crippen LogP contribution in [-0.2, 0) is 6.42 Å². The van der Waals surface area contributed by atoms with Crippen LogP contribution in [-0.4, -0.2) is 14.5 Å². The zero-order chi connectivity index (χ0) is 13.2. The number of hydrogen-bond acceptors (Lipinski definition) is 3. The first kappa shape index (κ1) is 11.7. The van der Waals surface area contributed by atoms with Gasteiger partial charge in [0.15, 0.2) is 0 Å². The van der Waals surface area contributed by atoms with Crippen LogP contribution in [0.3, 0.4) is 0 Å². The van der Waals surface area contributed by atoms with E-state index in [1.807, 2.05) is 36.8 Å². The molecule has 0 unspecified atom stereocenters. The van der Waals surface area contributed by atoms with Crippen molar-refractivity contribution in [3.05, 3.63) is 48.8 Å². The fourth-order valence-electron chi connectivity index (χ4n) is 2.37. The Morgan fingerprint density at radius 2 is 2.05 bits per heavy atom. The summed E-state index contributed by atoms with van der Waals surface area (Å²) < 4.78 is 2.12. The van der Waals surface area contributed by atoms with Crippen molar-refractivity contribution in [1.29, 1.82) is 0 Å². The summed E-state index contributed by atoms with van der Waals surface area (Å²) in [6.45, 7) is 2.15. The number of anilines is 1. The van der Waals surface area contributed by atoms with Crippen LogP contribution in [0, 0.1) is 0 Å². The van der Waals surface area contributed by atoms with Crippen molar-refractivity contribution in [1.82, 2.24) is 14.5 Å². The molecule has 1 aromatic carbocycles. The molecule has 0 saturated carbocycles. The van der Waals surface area contributed by atoms with Crippen LogP contribution in [0.4, 0.5) is 5.69 Å². The van der Waals surface area contributed by atoms with E-state index in [4.69, 9.17) is 5.73 Å². The molecule has 0 saturated heterocycles. The summed E-state index contributed by atoms with van der Waals surface area (Å²) in [5, 5.41) is 2.08. The summed E-state index contributed by atoms with van der Waals surface area (Å²) in [4.78, 5) is 8.63. The minimum Gasteiger partial charge on any atom is -0.398 e. The van der Waals surface area contributed by atoms with Crippen molar-refractivity contribution < 1.29 is 0 Å². The molecule has 0 bridgehead atoms. The predicted molar refractivity (Wildman–Crippen MR) is 77.3 cm³/mol. The van der Waals surface area contributed by atoms with E-state index in [0.29, 0.717) is 0 Å². The smallest absolute Gasteiger partial charge is 0.113 e. The highest BCUT2D eigenvalue weighted by atomic mass is 15.1. The topological polar surface area (TPSA) is 56.7 Å². The van der Waals surface area contributed by atoms with Gasteiger partial charge in [0.25, 0.3) is 0 Å². The van der Waals surface area contributed by atoms with E-state index < -0.39 is 0 Å². The molecule has 0 spiro atoms. The Morgan fingerprint density at radius 1 is 1.16 bits per heavy atom. The Bertz CT molecular complexity index is 715. The van der Waals surface area contributed by atoms with Gasteiger partial charge in [-0.3, -0.25) is 4.98 Å². The first-order chi connectivity index (χ1) is 9.31. The Labute approximate surface area is 111 Å². The molecule has 0 aliphatic carbocycles. The molecule has 0 atom stereocenters. The molecule has 4 heteroatoms. The molecule has 96 valence electrons. The second-order valence-corrected chi connectivity index (χ2v) is 4.56. The second kappa shape index (κ2) is 4.72. The normalized spacial score (nSPS) is 11.0. The molecular weight excluding hydrogens is 236 g/mol. The van der Waals surface area contributed by atoms with Crippen molar-refractivity contribution in [2.45, 2.75) is 19.8 Å². The van der Waals surface area contributed by atoms with Crippen LogP contribution < -0.4 is 5.73 Å². The van der Waals surface area contributed by atoms with Gasteiger partial charge in [-0.05, 0) is 24.6 Å². The number of aryl methyl sites for hydroxylation is 1. The monoisotopic (exact) mass is 252 g/mol. The molecule has 0 fully saturated rings. The maximum Gasteiger partial charge on any atom is 0.113 e. The lowest BCUT2D eigenvalue weighted by molar-refractivity contribution is 0.811. The van der Waals surface area contributed by atoms with E-state index >= 15 is 0 Å². The van der Waals surface area contributed by atoms with E-state index in [1.54, 1.807) is 6.20 Å². The number of nitrogens with two attached hydrogens (primary N) is 1. The van der Waals surface area contributed by atoms with Gasteiger partial charge in [-0.2, -0.15) is 0 Å². The van der Waals surface area contributed by atoms with Crippen LogP contribution in [0.2, 0.25) is 0 Å². The van der Waals surface area contributed by atoms with Gasteiger partial charge in [0.2, 0.25) is 0 Å². The standard InChI is InChI=1S/C15H16N4/c1-2-3-15-18-8-9-19(15)14-5-4-13(16)11-6-7-17-10-12(11)14/h4-10H,2-3,16H2,1H3. The van der Waals surface area contributed by atoms with Gasteiger partial charge in [-0.1, -0.05) is 6.92 Å². The number of pyridine rings is 1. The van der Waals surface area contributed by atoms with Crippen molar-refractivity contribution >= 4 is 16.5 Å². The highest BCUT2D eigenvalue weighted by molar-refractivity contribution is 5.97. The van der Waals surface area contributed by atoms with E-state index in [1.165, 1.54) is 0 Å². The van der Waals surface area contributed by atoms with Gasteiger partial charge in [-0.15, -0.1) is 0 Å². The molecule has 3 rings (SSSR count). The van der Waals surface area contributed by atoms with Gasteiger partial charge in [-0.25, -0.2) is 4.98 Å². The van der Waals surface area contributed by atoms with Gasteiger partial charge in [0.1, 0.15) is 5.82 Å². The van der Waals surface area contributed by atoms with Crippen LogP contribution in [0.5, 0.6) is 0 Å². The van der Waals surface area contributed by atoms with Crippen molar-refractivity contribution in [2.75, 3.05) is 5.73 Å². The molecule has 2 N–H and O–H groups in total. The fourth-order valence-corrected chi connectivity index (χ4v) is 2.37. The first-order valence-corrected chi connectivity index (χ1v) is 6.46. The molecular formula is C15H16N4. The number of hydrogen-bond donors (Lipinski definition) is 1. The minimum absolute atomic E-state index is 0.776. The Hall–Kier alpha value is -2.36. The molecule has 0 amide bonds. The molecule has 19 heavy (non-hydrogen) atoms. The zero-order valence-corrected chi connectivity index (χ0v) is 10.9. The number of fused-ring (bicyclic) bond motifs is 1. The van der Waals surface area contributed by atoms with Crippen LogP contribution in [0.15, 0.2) is 43.0 Å². The third-order valence-corrected chi connectivity index (χ3v) is 3.28. The number of rotatable bonds is 3. The summed E-state index contributed by atoms with van der Waals surface area (Å²) in [6, 6.07) is 5.91. The first-order valence-electron chi connectivity index (χ1n) is 6.46. The number of nitrogen functional groups attached to an aromatic ring is 1. The van der Waals surface area contributed by atoms with Gasteiger partial charge in [0.05, 0.1) is 5.69 Å². The average molecular weight is 252 g/mol.